The summed E-state index contributed by atoms with van der Waals surface area (Å²) in [5.74, 6) is 1.32. The van der Waals surface area contributed by atoms with Gasteiger partial charge in [0.05, 0.1) is 41.9 Å². The number of rotatable bonds is 0. The molecule has 0 spiro atoms. The number of aromatic nitrogens is 2. The Morgan fingerprint density at radius 1 is 1.00 bits per heavy atom. The molecule has 3 aliphatic rings. The molecule has 0 amide bonds. The summed E-state index contributed by atoms with van der Waals surface area (Å²) in [5.41, 5.74) is 11.0. The van der Waals surface area contributed by atoms with Gasteiger partial charge >= 0.3 is 0 Å². The fraction of sp³-hybridized carbons (Fsp3) is 0.357. The lowest BCUT2D eigenvalue weighted by molar-refractivity contribution is 0.0353. The number of hydrogen-bond donors (Lipinski definition) is 2. The second-order valence-electron chi connectivity index (χ2n) is 9.64. The molecule has 206 valence electrons. The number of nitrogens with one attached hydrogen (secondary N) is 1. The number of nitrogen functional groups attached to an aromatic ring is 1. The van der Waals surface area contributed by atoms with Crippen LogP contribution < -0.4 is 16.0 Å². The maximum atomic E-state index is 13.1. The third-order valence-corrected chi connectivity index (χ3v) is 9.03. The highest BCUT2D eigenvalue weighted by Crippen LogP contribution is 2.38. The first-order valence-electron chi connectivity index (χ1n) is 12.8. The predicted molar refractivity (Wildman–Crippen MR) is 146 cm³/mol. The van der Waals surface area contributed by atoms with Crippen molar-refractivity contribution >= 4 is 21.4 Å². The van der Waals surface area contributed by atoms with Crippen LogP contribution in [0.5, 0.6) is 5.75 Å². The molecule has 2 atom stereocenters. The Labute approximate surface area is 228 Å². The molecule has 2 unspecified atom stereocenters. The highest BCUT2D eigenvalue weighted by atomic mass is 32.2. The van der Waals surface area contributed by atoms with E-state index >= 15 is 0 Å². The molecule has 2 aromatic carbocycles. The number of hydrogen-bond acceptors (Lipinski definition) is 10. The van der Waals surface area contributed by atoms with Gasteiger partial charge in [-0.3, -0.25) is 0 Å². The molecule has 0 fully saturated rings. The molecule has 3 N–H and O–H groups in total. The molecule has 3 aliphatic heterocycles. The molecule has 1 aromatic heterocycles. The number of para-hydroxylation sites is 1. The van der Waals surface area contributed by atoms with Crippen molar-refractivity contribution in [1.82, 2.24) is 15.4 Å². The molecule has 6 rings (SSSR count). The van der Waals surface area contributed by atoms with E-state index in [9.17, 15) is 8.42 Å². The zero-order valence-corrected chi connectivity index (χ0v) is 22.7. The summed E-state index contributed by atoms with van der Waals surface area (Å²) in [6.45, 7) is 5.44. The lowest BCUT2D eigenvalue weighted by Gasteiger charge is -2.24. The highest BCUT2D eigenvalue weighted by molar-refractivity contribution is 7.92. The van der Waals surface area contributed by atoms with Crippen LogP contribution in [0.3, 0.4) is 0 Å². The minimum atomic E-state index is -3.52. The first-order valence-corrected chi connectivity index (χ1v) is 14.3. The van der Waals surface area contributed by atoms with Crippen LogP contribution in [0, 0.1) is 0 Å². The summed E-state index contributed by atoms with van der Waals surface area (Å²) in [6.07, 6.45) is 3.82. The SMILES string of the molecule is CC1CCOCCOCCOc2ccccc2C2(C)C=C(ON2)c2nc(cnc2N)-c2ccc(cc2)S1(=O)=O. The van der Waals surface area contributed by atoms with Gasteiger partial charge in [0, 0.05) is 17.7 Å². The Morgan fingerprint density at radius 2 is 1.72 bits per heavy atom. The third-order valence-electron chi connectivity index (χ3n) is 6.81. The number of ether oxygens (including phenoxy) is 3. The quantitative estimate of drug-likeness (QED) is 0.399. The summed E-state index contributed by atoms with van der Waals surface area (Å²) in [6, 6.07) is 14.3. The summed E-state index contributed by atoms with van der Waals surface area (Å²) in [7, 11) is -3.52. The molecule has 11 heteroatoms. The first kappa shape index (κ1) is 27.1. The van der Waals surface area contributed by atoms with E-state index in [4.69, 9.17) is 29.8 Å². The Balaban J connectivity index is 1.51. The summed E-state index contributed by atoms with van der Waals surface area (Å²) < 4.78 is 43.4. The second kappa shape index (κ2) is 11.3. The Bertz CT molecular complexity index is 1460. The van der Waals surface area contributed by atoms with Crippen LogP contribution in [-0.2, 0) is 29.7 Å². The summed E-state index contributed by atoms with van der Waals surface area (Å²) in [4.78, 5) is 15.1. The van der Waals surface area contributed by atoms with Gasteiger partial charge in [0.15, 0.2) is 27.1 Å². The van der Waals surface area contributed by atoms with Crippen molar-refractivity contribution in [3.05, 3.63) is 72.1 Å². The van der Waals surface area contributed by atoms with Crippen molar-refractivity contribution in [3.8, 4) is 17.0 Å². The number of anilines is 1. The molecule has 0 saturated heterocycles. The van der Waals surface area contributed by atoms with Gasteiger partial charge in [-0.1, -0.05) is 30.3 Å². The third kappa shape index (κ3) is 5.76. The average Bonchev–Trinajstić information content (AvgIpc) is 3.34. The van der Waals surface area contributed by atoms with Gasteiger partial charge in [-0.2, -0.15) is 0 Å². The van der Waals surface area contributed by atoms with Crippen molar-refractivity contribution in [3.63, 3.8) is 0 Å². The van der Waals surface area contributed by atoms with Crippen LogP contribution in [0.15, 0.2) is 65.7 Å². The van der Waals surface area contributed by atoms with E-state index in [-0.39, 0.29) is 10.7 Å². The fourth-order valence-corrected chi connectivity index (χ4v) is 5.84. The number of nitrogens with two attached hydrogens (primary N) is 1. The Hall–Kier alpha value is -3.51. The number of benzene rings is 2. The largest absolute Gasteiger partial charge is 0.491 e. The van der Waals surface area contributed by atoms with Crippen LogP contribution in [0.2, 0.25) is 0 Å². The molecule has 0 radical (unpaired) electrons. The van der Waals surface area contributed by atoms with E-state index in [1.54, 1.807) is 37.4 Å². The number of sulfone groups is 1. The smallest absolute Gasteiger partial charge is 0.181 e. The topological polar surface area (TPSA) is 135 Å². The molecular weight excluding hydrogens is 520 g/mol. The minimum Gasteiger partial charge on any atom is -0.491 e. The van der Waals surface area contributed by atoms with Gasteiger partial charge in [0.1, 0.15) is 17.9 Å². The van der Waals surface area contributed by atoms with E-state index in [1.165, 1.54) is 0 Å². The van der Waals surface area contributed by atoms with Gasteiger partial charge < -0.3 is 24.8 Å². The molecule has 6 bridgehead atoms. The van der Waals surface area contributed by atoms with Gasteiger partial charge in [0.25, 0.3) is 0 Å². The molecule has 3 aromatic rings. The van der Waals surface area contributed by atoms with Crippen LogP contribution in [0.1, 0.15) is 31.5 Å². The zero-order valence-electron chi connectivity index (χ0n) is 21.9. The van der Waals surface area contributed by atoms with Crippen LogP contribution in [0.25, 0.3) is 17.0 Å². The minimum absolute atomic E-state index is 0.207. The normalized spacial score (nSPS) is 23.6. The van der Waals surface area contributed by atoms with Crippen molar-refractivity contribution in [2.45, 2.75) is 36.0 Å². The fourth-order valence-electron chi connectivity index (χ4n) is 4.46. The van der Waals surface area contributed by atoms with E-state index in [0.717, 1.165) is 5.56 Å². The standard InChI is InChI=1S/C28H32N4O6S/c1-19-11-12-35-13-14-36-15-16-37-24-6-4-3-5-22(24)28(2)17-25(38-32-28)26-27(29)30-18-23(31-26)20-7-9-21(10-8-20)39(19,33)34/h3-10,17-19,32H,11-16H2,1-2H3,(H2,29,30). The molecule has 39 heavy (non-hydrogen) atoms. The van der Waals surface area contributed by atoms with Gasteiger partial charge in [-0.15, -0.1) is 5.48 Å². The second-order valence-corrected chi connectivity index (χ2v) is 12.0. The average molecular weight is 553 g/mol. The van der Waals surface area contributed by atoms with Crippen molar-refractivity contribution in [2.75, 3.05) is 38.8 Å². The Kier molecular flexibility index (Phi) is 7.85. The Morgan fingerprint density at radius 3 is 2.51 bits per heavy atom. The summed E-state index contributed by atoms with van der Waals surface area (Å²) >= 11 is 0. The van der Waals surface area contributed by atoms with Crippen molar-refractivity contribution in [2.24, 2.45) is 0 Å². The van der Waals surface area contributed by atoms with E-state index in [2.05, 4.69) is 10.5 Å². The molecular formula is C28H32N4O6S. The van der Waals surface area contributed by atoms with E-state index in [1.807, 2.05) is 37.3 Å². The zero-order chi connectivity index (χ0) is 27.5. The van der Waals surface area contributed by atoms with Crippen molar-refractivity contribution < 1.29 is 27.5 Å². The molecule has 0 aliphatic carbocycles. The lowest BCUT2D eigenvalue weighted by atomic mass is 9.91. The predicted octanol–water partition coefficient (Wildman–Crippen LogP) is 3.49. The first-order chi connectivity index (χ1) is 18.8. The van der Waals surface area contributed by atoms with Crippen LogP contribution in [0.4, 0.5) is 5.82 Å². The van der Waals surface area contributed by atoms with Gasteiger partial charge in [0.2, 0.25) is 0 Å². The van der Waals surface area contributed by atoms with Gasteiger partial charge in [-0.05, 0) is 44.5 Å². The molecule has 10 nitrogen and oxygen atoms in total. The number of fused-ring (bicyclic) bond motifs is 12. The van der Waals surface area contributed by atoms with Crippen molar-refractivity contribution in [1.29, 1.82) is 0 Å². The maximum absolute atomic E-state index is 13.1. The summed E-state index contributed by atoms with van der Waals surface area (Å²) in [5, 5.41) is -0.601. The highest BCUT2D eigenvalue weighted by Gasteiger charge is 2.36. The monoisotopic (exact) mass is 552 g/mol. The van der Waals surface area contributed by atoms with Gasteiger partial charge in [-0.25, -0.2) is 18.4 Å². The van der Waals surface area contributed by atoms with Crippen LogP contribution in [-0.4, -0.2) is 56.7 Å². The van der Waals surface area contributed by atoms with E-state index in [0.29, 0.717) is 67.9 Å². The molecule has 0 saturated carbocycles. The van der Waals surface area contributed by atoms with E-state index < -0.39 is 20.6 Å². The number of hydroxylamine groups is 1. The maximum Gasteiger partial charge on any atom is 0.181 e. The van der Waals surface area contributed by atoms with Crippen LogP contribution >= 0.6 is 0 Å². The number of nitrogens with zero attached hydrogens (tertiary/aromatic N) is 2. The lowest BCUT2D eigenvalue weighted by Crippen LogP contribution is -2.33. The molecule has 4 heterocycles.